The third-order valence-electron chi connectivity index (χ3n) is 2.62. The Labute approximate surface area is 140 Å². The second-order valence-corrected chi connectivity index (χ2v) is 5.93. The van der Waals surface area contributed by atoms with E-state index in [1.807, 2.05) is 24.3 Å². The monoisotopic (exact) mass is 338 g/mol. The van der Waals surface area contributed by atoms with Crippen molar-refractivity contribution in [2.45, 2.75) is 39.4 Å². The van der Waals surface area contributed by atoms with Gasteiger partial charge in [0.05, 0.1) is 12.1 Å². The van der Waals surface area contributed by atoms with E-state index in [2.05, 4.69) is 10.6 Å². The van der Waals surface area contributed by atoms with Crippen molar-refractivity contribution < 1.29 is 29.0 Å². The van der Waals surface area contributed by atoms with Crippen LogP contribution in [0.15, 0.2) is 24.3 Å². The van der Waals surface area contributed by atoms with E-state index in [-0.39, 0.29) is 19.1 Å². The van der Waals surface area contributed by atoms with Gasteiger partial charge in [-0.1, -0.05) is 18.2 Å². The summed E-state index contributed by atoms with van der Waals surface area (Å²) in [5.74, 6) is -0.948. The number of carbonyl (C=O) groups is 3. The van der Waals surface area contributed by atoms with Gasteiger partial charge in [-0.05, 0) is 26.8 Å². The SMILES string of the molecule is CC(C)(C)OC(=O)NCCC(=O)O.O=C1Nc2ccccc2CO1. The summed E-state index contributed by atoms with van der Waals surface area (Å²) in [7, 11) is 0. The summed E-state index contributed by atoms with van der Waals surface area (Å²) in [5.41, 5.74) is 1.32. The van der Waals surface area contributed by atoms with Crippen LogP contribution in [0.3, 0.4) is 0 Å². The van der Waals surface area contributed by atoms with Crippen molar-refractivity contribution in [2.75, 3.05) is 11.9 Å². The van der Waals surface area contributed by atoms with Crippen LogP contribution < -0.4 is 10.6 Å². The lowest BCUT2D eigenvalue weighted by Gasteiger charge is -2.19. The lowest BCUT2D eigenvalue weighted by molar-refractivity contribution is -0.136. The summed E-state index contributed by atoms with van der Waals surface area (Å²) in [4.78, 5) is 31.7. The van der Waals surface area contributed by atoms with Gasteiger partial charge in [0.25, 0.3) is 0 Å². The molecule has 1 aromatic carbocycles. The van der Waals surface area contributed by atoms with Crippen LogP contribution in [0.2, 0.25) is 0 Å². The second-order valence-electron chi connectivity index (χ2n) is 5.93. The average Bonchev–Trinajstić information content (AvgIpc) is 2.45. The highest BCUT2D eigenvalue weighted by atomic mass is 16.6. The standard InChI is InChI=1S/C8H15NO4.C8H7NO2/c1-8(2,3)13-7(12)9-5-4-6(10)11;10-8-9-7-4-2-1-3-6(7)5-11-8/h4-5H2,1-3H3,(H,9,12)(H,10,11);1-4H,5H2,(H,9,10). The molecule has 8 heteroatoms. The van der Waals surface area contributed by atoms with Crippen LogP contribution in [-0.2, 0) is 20.9 Å². The van der Waals surface area contributed by atoms with E-state index in [0.29, 0.717) is 6.61 Å². The molecule has 0 aromatic heterocycles. The highest BCUT2D eigenvalue weighted by Crippen LogP contribution is 2.19. The van der Waals surface area contributed by atoms with Crippen LogP contribution in [0, 0.1) is 0 Å². The molecule has 0 unspecified atom stereocenters. The Balaban J connectivity index is 0.000000242. The Morgan fingerprint density at radius 1 is 1.33 bits per heavy atom. The topological polar surface area (TPSA) is 114 Å². The zero-order chi connectivity index (χ0) is 18.2. The summed E-state index contributed by atoms with van der Waals surface area (Å²) in [5, 5.41) is 13.2. The molecule has 0 atom stereocenters. The highest BCUT2D eigenvalue weighted by Gasteiger charge is 2.15. The molecule has 1 aliphatic rings. The van der Waals surface area contributed by atoms with Crippen molar-refractivity contribution in [3.8, 4) is 0 Å². The summed E-state index contributed by atoms with van der Waals surface area (Å²) in [6, 6.07) is 7.58. The molecule has 3 N–H and O–H groups in total. The van der Waals surface area contributed by atoms with E-state index in [0.717, 1.165) is 11.3 Å². The first-order chi connectivity index (χ1) is 11.2. The summed E-state index contributed by atoms with van der Waals surface area (Å²) >= 11 is 0. The van der Waals surface area contributed by atoms with Crippen molar-refractivity contribution >= 4 is 23.8 Å². The van der Waals surface area contributed by atoms with Gasteiger partial charge < -0.3 is 19.9 Å². The first kappa shape index (κ1) is 19.3. The summed E-state index contributed by atoms with van der Waals surface area (Å²) in [6.07, 6.45) is -1.06. The molecule has 0 saturated heterocycles. The number of carboxylic acid groups (broad SMARTS) is 1. The van der Waals surface area contributed by atoms with Crippen molar-refractivity contribution in [2.24, 2.45) is 0 Å². The van der Waals surface area contributed by atoms with Crippen molar-refractivity contribution in [1.82, 2.24) is 5.32 Å². The van der Waals surface area contributed by atoms with E-state index in [1.54, 1.807) is 20.8 Å². The Morgan fingerprint density at radius 3 is 2.62 bits per heavy atom. The van der Waals surface area contributed by atoms with Gasteiger partial charge in [0.15, 0.2) is 0 Å². The molecule has 1 heterocycles. The van der Waals surface area contributed by atoms with Gasteiger partial charge in [-0.3, -0.25) is 10.1 Å². The second kappa shape index (κ2) is 8.76. The number of hydrogen-bond donors (Lipinski definition) is 3. The molecule has 0 bridgehead atoms. The van der Waals surface area contributed by atoms with Gasteiger partial charge in [0.1, 0.15) is 12.2 Å². The molecule has 0 radical (unpaired) electrons. The van der Waals surface area contributed by atoms with Gasteiger partial charge in [-0.25, -0.2) is 9.59 Å². The van der Waals surface area contributed by atoms with Gasteiger partial charge >= 0.3 is 18.2 Å². The number of carboxylic acids is 1. The third kappa shape index (κ3) is 8.02. The number of aliphatic carboxylic acids is 1. The van der Waals surface area contributed by atoms with Gasteiger partial charge in [0, 0.05) is 12.1 Å². The molecule has 2 amide bonds. The minimum Gasteiger partial charge on any atom is -0.481 e. The zero-order valence-electron chi connectivity index (χ0n) is 13.9. The maximum absolute atomic E-state index is 10.9. The fraction of sp³-hybridized carbons (Fsp3) is 0.438. The number of anilines is 1. The maximum Gasteiger partial charge on any atom is 0.411 e. The number of ether oxygens (including phenoxy) is 2. The molecular formula is C16H22N2O6. The first-order valence-corrected chi connectivity index (χ1v) is 7.38. The van der Waals surface area contributed by atoms with Crippen LogP contribution in [0.4, 0.5) is 15.3 Å². The molecular weight excluding hydrogens is 316 g/mol. The van der Waals surface area contributed by atoms with E-state index in [1.165, 1.54) is 0 Å². The number of carbonyl (C=O) groups excluding carboxylic acids is 2. The van der Waals surface area contributed by atoms with E-state index < -0.39 is 17.7 Å². The normalized spacial score (nSPS) is 12.5. The number of nitrogens with one attached hydrogen (secondary N) is 2. The first-order valence-electron chi connectivity index (χ1n) is 7.38. The third-order valence-corrected chi connectivity index (χ3v) is 2.62. The van der Waals surface area contributed by atoms with Crippen LogP contribution in [-0.4, -0.2) is 35.4 Å². The van der Waals surface area contributed by atoms with Crippen LogP contribution in [0.1, 0.15) is 32.8 Å². The van der Waals surface area contributed by atoms with E-state index in [9.17, 15) is 14.4 Å². The summed E-state index contributed by atoms with van der Waals surface area (Å²) in [6.45, 7) is 5.68. The van der Waals surface area contributed by atoms with Crippen LogP contribution in [0.5, 0.6) is 0 Å². The Bertz CT molecular complexity index is 594. The molecule has 1 aromatic rings. The minimum atomic E-state index is -0.948. The number of amides is 2. The quantitative estimate of drug-likeness (QED) is 0.781. The number of hydrogen-bond acceptors (Lipinski definition) is 5. The average molecular weight is 338 g/mol. The molecule has 2 rings (SSSR count). The lowest BCUT2D eigenvalue weighted by Crippen LogP contribution is -2.33. The minimum absolute atomic E-state index is 0.0875. The van der Waals surface area contributed by atoms with Crippen molar-refractivity contribution in [1.29, 1.82) is 0 Å². The molecule has 0 aliphatic carbocycles. The lowest BCUT2D eigenvalue weighted by atomic mass is 10.2. The number of benzene rings is 1. The number of alkyl carbamates (subject to hydrolysis) is 1. The number of fused-ring (bicyclic) bond motifs is 1. The molecule has 0 fully saturated rings. The molecule has 132 valence electrons. The van der Waals surface area contributed by atoms with E-state index in [4.69, 9.17) is 14.6 Å². The smallest absolute Gasteiger partial charge is 0.411 e. The number of para-hydroxylation sites is 1. The van der Waals surface area contributed by atoms with Crippen LogP contribution >= 0.6 is 0 Å². The Hall–Kier alpha value is -2.77. The predicted octanol–water partition coefficient (Wildman–Crippen LogP) is 2.73. The van der Waals surface area contributed by atoms with Gasteiger partial charge in [-0.15, -0.1) is 0 Å². The largest absolute Gasteiger partial charge is 0.481 e. The fourth-order valence-corrected chi connectivity index (χ4v) is 1.64. The van der Waals surface area contributed by atoms with Crippen molar-refractivity contribution in [3.05, 3.63) is 29.8 Å². The molecule has 0 saturated carbocycles. The molecule has 1 aliphatic heterocycles. The summed E-state index contributed by atoms with van der Waals surface area (Å²) < 4.78 is 9.63. The van der Waals surface area contributed by atoms with Crippen molar-refractivity contribution in [3.63, 3.8) is 0 Å². The zero-order valence-corrected chi connectivity index (χ0v) is 13.9. The predicted molar refractivity (Wildman–Crippen MR) is 86.7 cm³/mol. The molecule has 0 spiro atoms. The van der Waals surface area contributed by atoms with Gasteiger partial charge in [-0.2, -0.15) is 0 Å². The maximum atomic E-state index is 10.9. The Morgan fingerprint density at radius 2 is 2.00 bits per heavy atom. The Kier molecular flexibility index (Phi) is 7.03. The fourth-order valence-electron chi connectivity index (χ4n) is 1.64. The highest BCUT2D eigenvalue weighted by molar-refractivity contribution is 5.87. The number of cyclic esters (lactones) is 1. The van der Waals surface area contributed by atoms with Crippen LogP contribution in [0.25, 0.3) is 0 Å². The number of rotatable bonds is 3. The molecule has 8 nitrogen and oxygen atoms in total. The molecule has 24 heavy (non-hydrogen) atoms. The van der Waals surface area contributed by atoms with E-state index >= 15 is 0 Å². The van der Waals surface area contributed by atoms with Gasteiger partial charge in [0.2, 0.25) is 0 Å².